The van der Waals surface area contributed by atoms with Crippen LogP contribution < -0.4 is 10.7 Å². The zero-order valence-corrected chi connectivity index (χ0v) is 15.2. The van der Waals surface area contributed by atoms with Gasteiger partial charge in [-0.15, -0.1) is 11.3 Å². The lowest BCUT2D eigenvalue weighted by atomic mass is 10.1. The van der Waals surface area contributed by atoms with E-state index >= 15 is 0 Å². The number of ether oxygens (including phenoxy) is 1. The summed E-state index contributed by atoms with van der Waals surface area (Å²) in [7, 11) is 0. The van der Waals surface area contributed by atoms with Crippen LogP contribution in [0.3, 0.4) is 0 Å². The van der Waals surface area contributed by atoms with Crippen LogP contribution >= 0.6 is 11.3 Å². The van der Waals surface area contributed by atoms with E-state index in [1.807, 2.05) is 30.3 Å². The standard InChI is InChI=1S/C20H22N2O2S/c1-14-6-7-16(21-8-9-22-10-12-24-13-11-22)18-19(23)15-4-2-3-5-17(15)25-20(14)18/h2-7,21H,8-13H2,1H3. The van der Waals surface area contributed by atoms with Crippen molar-refractivity contribution in [3.63, 3.8) is 0 Å². The molecule has 0 aliphatic carbocycles. The quantitative estimate of drug-likeness (QED) is 0.729. The summed E-state index contributed by atoms with van der Waals surface area (Å²) < 4.78 is 7.52. The lowest BCUT2D eigenvalue weighted by Gasteiger charge is -2.26. The topological polar surface area (TPSA) is 41.6 Å². The highest BCUT2D eigenvalue weighted by Crippen LogP contribution is 2.31. The first-order valence-corrected chi connectivity index (χ1v) is 9.55. The fourth-order valence-electron chi connectivity index (χ4n) is 3.35. The molecule has 4 nitrogen and oxygen atoms in total. The zero-order chi connectivity index (χ0) is 17.2. The number of aryl methyl sites for hydroxylation is 1. The molecule has 1 aliphatic heterocycles. The maximum atomic E-state index is 13.1. The molecule has 4 rings (SSSR count). The van der Waals surface area contributed by atoms with Crippen LogP contribution in [-0.2, 0) is 4.74 Å². The van der Waals surface area contributed by atoms with Gasteiger partial charge in [-0.1, -0.05) is 18.2 Å². The molecular formula is C20H22N2O2S. The van der Waals surface area contributed by atoms with Crippen molar-refractivity contribution in [1.29, 1.82) is 0 Å². The Morgan fingerprint density at radius 3 is 2.80 bits per heavy atom. The van der Waals surface area contributed by atoms with Gasteiger partial charge in [-0.25, -0.2) is 0 Å². The van der Waals surface area contributed by atoms with E-state index in [-0.39, 0.29) is 5.43 Å². The normalized spacial score (nSPS) is 15.7. The minimum Gasteiger partial charge on any atom is -0.383 e. The Morgan fingerprint density at radius 1 is 1.16 bits per heavy atom. The van der Waals surface area contributed by atoms with Crippen molar-refractivity contribution in [3.05, 3.63) is 52.2 Å². The monoisotopic (exact) mass is 354 g/mol. The predicted octanol–water partition coefficient (Wildman–Crippen LogP) is 3.47. The van der Waals surface area contributed by atoms with Crippen molar-refractivity contribution in [2.45, 2.75) is 6.92 Å². The van der Waals surface area contributed by atoms with E-state index < -0.39 is 0 Å². The first kappa shape index (κ1) is 16.5. The van der Waals surface area contributed by atoms with E-state index in [1.54, 1.807) is 11.3 Å². The van der Waals surface area contributed by atoms with E-state index in [1.165, 1.54) is 0 Å². The van der Waals surface area contributed by atoms with Crippen molar-refractivity contribution in [2.24, 2.45) is 0 Å². The Balaban J connectivity index is 1.67. The molecule has 0 atom stereocenters. The summed E-state index contributed by atoms with van der Waals surface area (Å²) in [5, 5.41) is 5.12. The van der Waals surface area contributed by atoms with Crippen LogP contribution in [-0.4, -0.2) is 44.3 Å². The highest BCUT2D eigenvalue weighted by Gasteiger charge is 2.13. The van der Waals surface area contributed by atoms with E-state index in [0.29, 0.717) is 0 Å². The van der Waals surface area contributed by atoms with Crippen molar-refractivity contribution in [2.75, 3.05) is 44.7 Å². The van der Waals surface area contributed by atoms with Gasteiger partial charge in [0.1, 0.15) is 0 Å². The highest BCUT2D eigenvalue weighted by molar-refractivity contribution is 7.24. The lowest BCUT2D eigenvalue weighted by molar-refractivity contribution is 0.0398. The smallest absolute Gasteiger partial charge is 0.197 e. The Labute approximate surface area is 151 Å². The number of benzene rings is 2. The average molecular weight is 354 g/mol. The molecule has 1 saturated heterocycles. The number of anilines is 1. The molecule has 0 bridgehead atoms. The van der Waals surface area contributed by atoms with Crippen LogP contribution in [0.5, 0.6) is 0 Å². The number of nitrogens with zero attached hydrogens (tertiary/aromatic N) is 1. The zero-order valence-electron chi connectivity index (χ0n) is 14.4. The summed E-state index contributed by atoms with van der Waals surface area (Å²) in [4.78, 5) is 15.5. The summed E-state index contributed by atoms with van der Waals surface area (Å²) >= 11 is 1.70. The Bertz CT molecular complexity index is 961. The molecule has 130 valence electrons. The summed E-state index contributed by atoms with van der Waals surface area (Å²) in [6.07, 6.45) is 0. The molecule has 25 heavy (non-hydrogen) atoms. The summed E-state index contributed by atoms with van der Waals surface area (Å²) in [6, 6.07) is 12.0. The molecule has 5 heteroatoms. The van der Waals surface area contributed by atoms with Gasteiger partial charge in [0.2, 0.25) is 0 Å². The Morgan fingerprint density at radius 2 is 1.96 bits per heavy atom. The number of fused-ring (bicyclic) bond motifs is 2. The van der Waals surface area contributed by atoms with Crippen LogP contribution in [0, 0.1) is 6.92 Å². The lowest BCUT2D eigenvalue weighted by Crippen LogP contribution is -2.39. The molecule has 2 heterocycles. The van der Waals surface area contributed by atoms with Gasteiger partial charge in [0.25, 0.3) is 0 Å². The van der Waals surface area contributed by atoms with E-state index in [0.717, 1.165) is 70.8 Å². The van der Waals surface area contributed by atoms with Crippen LogP contribution in [0.15, 0.2) is 41.2 Å². The molecule has 1 aromatic heterocycles. The summed E-state index contributed by atoms with van der Waals surface area (Å²) in [6.45, 7) is 7.45. The highest BCUT2D eigenvalue weighted by atomic mass is 32.1. The van der Waals surface area contributed by atoms with Gasteiger partial charge in [0.05, 0.1) is 18.6 Å². The average Bonchev–Trinajstić information content (AvgIpc) is 2.65. The molecule has 0 saturated carbocycles. The number of rotatable bonds is 4. The second-order valence-corrected chi connectivity index (χ2v) is 7.49. The first-order chi connectivity index (χ1) is 12.2. The van der Waals surface area contributed by atoms with Crippen molar-refractivity contribution in [3.8, 4) is 0 Å². The summed E-state index contributed by atoms with van der Waals surface area (Å²) in [5.74, 6) is 0. The second-order valence-electron chi connectivity index (χ2n) is 6.44. The molecular weight excluding hydrogens is 332 g/mol. The fraction of sp³-hybridized carbons (Fsp3) is 0.350. The summed E-state index contributed by atoms with van der Waals surface area (Å²) in [5.41, 5.74) is 2.23. The number of hydrogen-bond acceptors (Lipinski definition) is 5. The van der Waals surface area contributed by atoms with Gasteiger partial charge in [-0.2, -0.15) is 0 Å². The number of nitrogens with one attached hydrogen (secondary N) is 1. The van der Waals surface area contributed by atoms with Gasteiger partial charge < -0.3 is 10.1 Å². The molecule has 3 aromatic rings. The SMILES string of the molecule is Cc1ccc(NCCN2CCOCC2)c2c(=O)c3ccccc3sc12. The molecule has 0 unspecified atom stereocenters. The minimum atomic E-state index is 0.127. The van der Waals surface area contributed by atoms with Crippen molar-refractivity contribution >= 4 is 37.2 Å². The molecule has 1 fully saturated rings. The Hall–Kier alpha value is -1.95. The Kier molecular flexibility index (Phi) is 4.70. The number of morpholine rings is 1. The largest absolute Gasteiger partial charge is 0.383 e. The third kappa shape index (κ3) is 3.27. The van der Waals surface area contributed by atoms with Gasteiger partial charge >= 0.3 is 0 Å². The molecule has 0 spiro atoms. The van der Waals surface area contributed by atoms with Gasteiger partial charge in [-0.05, 0) is 30.7 Å². The molecule has 0 amide bonds. The van der Waals surface area contributed by atoms with Crippen LogP contribution in [0.1, 0.15) is 5.56 Å². The van der Waals surface area contributed by atoms with Gasteiger partial charge in [0.15, 0.2) is 5.43 Å². The van der Waals surface area contributed by atoms with Gasteiger partial charge in [0, 0.05) is 46.7 Å². The van der Waals surface area contributed by atoms with Gasteiger partial charge in [-0.3, -0.25) is 9.69 Å². The second kappa shape index (κ2) is 7.12. The van der Waals surface area contributed by atoms with Crippen molar-refractivity contribution in [1.82, 2.24) is 4.90 Å². The first-order valence-electron chi connectivity index (χ1n) is 8.73. The number of hydrogen-bond donors (Lipinski definition) is 1. The van der Waals surface area contributed by atoms with E-state index in [2.05, 4.69) is 23.2 Å². The molecule has 1 N–H and O–H groups in total. The van der Waals surface area contributed by atoms with E-state index in [9.17, 15) is 4.79 Å². The van der Waals surface area contributed by atoms with Crippen LogP contribution in [0.25, 0.3) is 20.2 Å². The predicted molar refractivity (Wildman–Crippen MR) is 106 cm³/mol. The maximum Gasteiger partial charge on any atom is 0.197 e. The molecule has 1 aliphatic rings. The van der Waals surface area contributed by atoms with Crippen LogP contribution in [0.2, 0.25) is 0 Å². The third-order valence-electron chi connectivity index (χ3n) is 4.77. The third-order valence-corrected chi connectivity index (χ3v) is 6.08. The minimum absolute atomic E-state index is 0.127. The van der Waals surface area contributed by atoms with E-state index in [4.69, 9.17) is 4.74 Å². The molecule has 0 radical (unpaired) electrons. The van der Waals surface area contributed by atoms with Crippen LogP contribution in [0.4, 0.5) is 5.69 Å². The van der Waals surface area contributed by atoms with Crippen molar-refractivity contribution < 1.29 is 4.74 Å². The fourth-order valence-corrected chi connectivity index (χ4v) is 4.52. The maximum absolute atomic E-state index is 13.1. The molecule has 2 aromatic carbocycles.